The molecule has 7 heteroatoms. The molecule has 0 aliphatic carbocycles. The molecule has 1 aromatic carbocycles. The number of rotatable bonds is 1. The molecule has 3 aromatic rings. The summed E-state index contributed by atoms with van der Waals surface area (Å²) >= 11 is 8.24. The molecule has 0 fully saturated rings. The number of aryl methyl sites for hydroxylation is 1. The lowest BCUT2D eigenvalue weighted by molar-refractivity contribution is 0.884. The highest BCUT2D eigenvalue weighted by Gasteiger charge is 2.13. The molecule has 3 rings (SSSR count). The van der Waals surface area contributed by atoms with Gasteiger partial charge in [-0.05, 0) is 35.0 Å². The highest BCUT2D eigenvalue weighted by molar-refractivity contribution is 9.11. The van der Waals surface area contributed by atoms with E-state index < -0.39 is 0 Å². The summed E-state index contributed by atoms with van der Waals surface area (Å²) in [5, 5.41) is 3.03. The topological polar surface area (TPSA) is 47.8 Å². The zero-order valence-corrected chi connectivity index (χ0v) is 13.7. The van der Waals surface area contributed by atoms with Crippen LogP contribution in [-0.2, 0) is 0 Å². The predicted molar refractivity (Wildman–Crippen MR) is 83.1 cm³/mol. The van der Waals surface area contributed by atoms with Crippen LogP contribution in [0.3, 0.4) is 0 Å². The van der Waals surface area contributed by atoms with Crippen LogP contribution in [0, 0.1) is 6.92 Å². The van der Waals surface area contributed by atoms with Gasteiger partial charge in [0, 0.05) is 20.5 Å². The lowest BCUT2D eigenvalue weighted by Crippen LogP contribution is -2.22. The molecule has 0 saturated heterocycles. The first-order valence-electron chi connectivity index (χ1n) is 5.36. The summed E-state index contributed by atoms with van der Waals surface area (Å²) in [4.78, 5) is 21.3. The Hall–Kier alpha value is -1.05. The van der Waals surface area contributed by atoms with E-state index in [1.165, 1.54) is 15.9 Å². The van der Waals surface area contributed by atoms with Crippen LogP contribution in [0.2, 0.25) is 0 Å². The first-order valence-corrected chi connectivity index (χ1v) is 7.83. The molecule has 2 aromatic heterocycles. The van der Waals surface area contributed by atoms with Crippen LogP contribution < -0.4 is 5.56 Å². The maximum Gasteiger partial charge on any atom is 0.267 e. The van der Waals surface area contributed by atoms with Crippen molar-refractivity contribution in [3.05, 3.63) is 48.8 Å². The van der Waals surface area contributed by atoms with Gasteiger partial charge in [-0.15, -0.1) is 11.3 Å². The van der Waals surface area contributed by atoms with Crippen molar-refractivity contribution in [3.8, 4) is 5.13 Å². The van der Waals surface area contributed by atoms with Crippen molar-refractivity contribution >= 4 is 54.1 Å². The van der Waals surface area contributed by atoms with E-state index >= 15 is 0 Å². The number of benzene rings is 1. The molecule has 0 spiro atoms. The van der Waals surface area contributed by atoms with Gasteiger partial charge in [-0.2, -0.15) is 0 Å². The number of hydrogen-bond acceptors (Lipinski definition) is 4. The van der Waals surface area contributed by atoms with E-state index in [9.17, 15) is 4.79 Å². The molecule has 4 nitrogen and oxygen atoms in total. The van der Waals surface area contributed by atoms with Gasteiger partial charge in [0.05, 0.1) is 10.9 Å². The van der Waals surface area contributed by atoms with E-state index in [0.29, 0.717) is 21.9 Å². The van der Waals surface area contributed by atoms with Crippen molar-refractivity contribution in [3.63, 3.8) is 0 Å². The molecule has 2 heterocycles. The number of fused-ring (bicyclic) bond motifs is 1. The van der Waals surface area contributed by atoms with Crippen LogP contribution >= 0.6 is 43.2 Å². The van der Waals surface area contributed by atoms with Crippen LogP contribution in [0.4, 0.5) is 0 Å². The Morgan fingerprint density at radius 1 is 1.32 bits per heavy atom. The zero-order chi connectivity index (χ0) is 13.6. The van der Waals surface area contributed by atoms with Crippen molar-refractivity contribution in [2.75, 3.05) is 0 Å². The average molecular weight is 401 g/mol. The monoisotopic (exact) mass is 399 g/mol. The Morgan fingerprint density at radius 3 is 2.79 bits per heavy atom. The van der Waals surface area contributed by atoms with Gasteiger partial charge in [0.1, 0.15) is 5.82 Å². The molecule has 0 aliphatic rings. The van der Waals surface area contributed by atoms with Crippen molar-refractivity contribution in [2.45, 2.75) is 6.92 Å². The standard InChI is InChI=1S/C12H7Br2N3OS/c1-6-16-10-8(4-7(13)5-9(10)14)11(18)17(6)12-15-2-3-19-12/h2-5H,1H3. The second-order valence-corrected chi connectivity index (χ2v) is 6.54. The molecular weight excluding hydrogens is 394 g/mol. The number of thiazole rings is 1. The van der Waals surface area contributed by atoms with Crippen molar-refractivity contribution < 1.29 is 0 Å². The van der Waals surface area contributed by atoms with E-state index in [2.05, 4.69) is 41.8 Å². The summed E-state index contributed by atoms with van der Waals surface area (Å²) in [6, 6.07) is 3.65. The van der Waals surface area contributed by atoms with E-state index in [-0.39, 0.29) is 5.56 Å². The third-order valence-electron chi connectivity index (χ3n) is 2.67. The Bertz CT molecular complexity index is 827. The Balaban J connectivity index is 2.47. The predicted octanol–water partition coefficient (Wildman–Crippen LogP) is 3.68. The fourth-order valence-electron chi connectivity index (χ4n) is 1.87. The molecule has 0 unspecified atom stereocenters. The summed E-state index contributed by atoms with van der Waals surface area (Å²) in [6.45, 7) is 1.80. The largest absolute Gasteiger partial charge is 0.268 e. The lowest BCUT2D eigenvalue weighted by Gasteiger charge is -2.09. The maximum atomic E-state index is 12.6. The van der Waals surface area contributed by atoms with Crippen molar-refractivity contribution in [2.24, 2.45) is 0 Å². The van der Waals surface area contributed by atoms with Gasteiger partial charge in [0.25, 0.3) is 5.56 Å². The molecule has 0 amide bonds. The number of aromatic nitrogens is 3. The number of hydrogen-bond donors (Lipinski definition) is 0. The molecule has 19 heavy (non-hydrogen) atoms. The second kappa shape index (κ2) is 4.81. The zero-order valence-electron chi connectivity index (χ0n) is 9.72. The van der Waals surface area contributed by atoms with Crippen molar-refractivity contribution in [1.82, 2.24) is 14.5 Å². The summed E-state index contributed by atoms with van der Waals surface area (Å²) in [7, 11) is 0. The van der Waals surface area contributed by atoms with Crippen LogP contribution in [0.15, 0.2) is 37.4 Å². The number of halogens is 2. The summed E-state index contributed by atoms with van der Waals surface area (Å²) in [5.41, 5.74) is 0.554. The first-order chi connectivity index (χ1) is 9.08. The second-order valence-electron chi connectivity index (χ2n) is 3.90. The molecule has 0 aliphatic heterocycles. The third-order valence-corrected chi connectivity index (χ3v) is 4.49. The molecule has 0 radical (unpaired) electrons. The third kappa shape index (κ3) is 2.15. The average Bonchev–Trinajstić information content (AvgIpc) is 2.85. The fourth-order valence-corrected chi connectivity index (χ4v) is 3.87. The van der Waals surface area contributed by atoms with E-state index in [0.717, 1.165) is 8.95 Å². The maximum absolute atomic E-state index is 12.6. The van der Waals surface area contributed by atoms with Crippen LogP contribution in [0.1, 0.15) is 5.82 Å². The summed E-state index contributed by atoms with van der Waals surface area (Å²) in [5.74, 6) is 0.621. The first kappa shape index (κ1) is 13.0. The summed E-state index contributed by atoms with van der Waals surface area (Å²) in [6.07, 6.45) is 1.67. The van der Waals surface area contributed by atoms with E-state index in [1.54, 1.807) is 19.2 Å². The van der Waals surface area contributed by atoms with E-state index in [4.69, 9.17) is 0 Å². The van der Waals surface area contributed by atoms with Gasteiger partial charge in [-0.25, -0.2) is 14.5 Å². The van der Waals surface area contributed by atoms with Crippen LogP contribution in [0.5, 0.6) is 0 Å². The fraction of sp³-hybridized carbons (Fsp3) is 0.0833. The van der Waals surface area contributed by atoms with Crippen LogP contribution in [0.25, 0.3) is 16.0 Å². The molecular formula is C12H7Br2N3OS. The molecule has 96 valence electrons. The Kier molecular flexibility index (Phi) is 3.28. The molecule has 0 N–H and O–H groups in total. The van der Waals surface area contributed by atoms with E-state index in [1.807, 2.05) is 11.4 Å². The minimum absolute atomic E-state index is 0.112. The highest BCUT2D eigenvalue weighted by Crippen LogP contribution is 2.26. The Morgan fingerprint density at radius 2 is 2.11 bits per heavy atom. The normalized spacial score (nSPS) is 11.1. The molecule has 0 saturated carbocycles. The molecule has 0 atom stereocenters. The molecule has 0 bridgehead atoms. The minimum atomic E-state index is -0.112. The minimum Gasteiger partial charge on any atom is -0.268 e. The summed E-state index contributed by atoms with van der Waals surface area (Å²) < 4.78 is 3.16. The van der Waals surface area contributed by atoms with Gasteiger partial charge >= 0.3 is 0 Å². The van der Waals surface area contributed by atoms with Gasteiger partial charge < -0.3 is 0 Å². The lowest BCUT2D eigenvalue weighted by atomic mass is 10.2. The quantitative estimate of drug-likeness (QED) is 0.626. The van der Waals surface area contributed by atoms with Crippen LogP contribution in [-0.4, -0.2) is 14.5 Å². The smallest absolute Gasteiger partial charge is 0.267 e. The van der Waals surface area contributed by atoms with Gasteiger partial charge in [-0.3, -0.25) is 4.79 Å². The van der Waals surface area contributed by atoms with Crippen molar-refractivity contribution in [1.29, 1.82) is 0 Å². The highest BCUT2D eigenvalue weighted by atomic mass is 79.9. The number of nitrogens with zero attached hydrogens (tertiary/aromatic N) is 3. The SMILES string of the molecule is Cc1nc2c(Br)cc(Br)cc2c(=O)n1-c1nccs1. The van der Waals surface area contributed by atoms with Gasteiger partial charge in [-0.1, -0.05) is 15.9 Å². The Labute approximate surface area is 129 Å². The van der Waals surface area contributed by atoms with Gasteiger partial charge in [0.2, 0.25) is 0 Å². The van der Waals surface area contributed by atoms with Gasteiger partial charge in [0.15, 0.2) is 5.13 Å².